The van der Waals surface area contributed by atoms with Crippen LogP contribution in [0.2, 0.25) is 0 Å². The van der Waals surface area contributed by atoms with Crippen molar-refractivity contribution >= 4 is 17.5 Å². The van der Waals surface area contributed by atoms with Gasteiger partial charge < -0.3 is 24.2 Å². The number of carbonyl (C=O) groups excluding carboxylic acids is 2. The quantitative estimate of drug-likeness (QED) is 0.740. The molecule has 0 bridgehead atoms. The van der Waals surface area contributed by atoms with Crippen molar-refractivity contribution < 1.29 is 19.1 Å². The monoisotopic (exact) mass is 427 g/mol. The van der Waals surface area contributed by atoms with Gasteiger partial charge in [0.25, 0.3) is 0 Å². The van der Waals surface area contributed by atoms with Gasteiger partial charge in [0.15, 0.2) is 11.5 Å². The minimum Gasteiger partial charge on any atom is -0.454 e. The first-order chi connectivity index (χ1) is 15.1. The summed E-state index contributed by atoms with van der Waals surface area (Å²) in [6.07, 6.45) is 5.12. The molecular formula is C24H33N3O4. The molecule has 1 aromatic carbocycles. The smallest absolute Gasteiger partial charge is 0.231 e. The summed E-state index contributed by atoms with van der Waals surface area (Å²) in [4.78, 5) is 32.3. The summed E-state index contributed by atoms with van der Waals surface area (Å²) < 4.78 is 10.8. The Labute approximate surface area is 184 Å². The van der Waals surface area contributed by atoms with E-state index in [0.29, 0.717) is 30.4 Å². The summed E-state index contributed by atoms with van der Waals surface area (Å²) in [5.41, 5.74) is 0.778. The molecule has 4 heterocycles. The van der Waals surface area contributed by atoms with Crippen LogP contribution in [0.1, 0.15) is 39.0 Å². The van der Waals surface area contributed by atoms with Crippen molar-refractivity contribution in [1.82, 2.24) is 9.80 Å². The van der Waals surface area contributed by atoms with Gasteiger partial charge in [-0.15, -0.1) is 0 Å². The third-order valence-corrected chi connectivity index (χ3v) is 7.37. The standard InChI is InChI=1S/C24H33N3O4/c1-17-6-9-25(10-7-17)13-18-3-2-8-26(14-18)24(29)19-11-23(28)27(15-19)20-4-5-21-22(12-20)31-16-30-21/h4-5,12,17-19H,2-3,6-11,13-16H2,1H3. The van der Waals surface area contributed by atoms with Crippen LogP contribution in [0.5, 0.6) is 11.5 Å². The van der Waals surface area contributed by atoms with Crippen LogP contribution < -0.4 is 14.4 Å². The Morgan fingerprint density at radius 2 is 1.87 bits per heavy atom. The van der Waals surface area contributed by atoms with Gasteiger partial charge in [0.2, 0.25) is 18.6 Å². The Morgan fingerprint density at radius 1 is 1.06 bits per heavy atom. The number of ether oxygens (including phenoxy) is 2. The van der Waals surface area contributed by atoms with Crippen LogP contribution in [0.15, 0.2) is 18.2 Å². The Bertz CT molecular complexity index is 836. The lowest BCUT2D eigenvalue weighted by atomic mass is 9.93. The molecule has 0 N–H and O–H groups in total. The number of nitrogens with zero attached hydrogens (tertiary/aromatic N) is 3. The normalized spacial score (nSPS) is 27.2. The van der Waals surface area contributed by atoms with Crippen molar-refractivity contribution in [3.8, 4) is 11.5 Å². The second-order valence-corrected chi connectivity index (χ2v) is 9.72. The Kier molecular flexibility index (Phi) is 5.78. The fourth-order valence-corrected chi connectivity index (χ4v) is 5.46. The van der Waals surface area contributed by atoms with Crippen LogP contribution in [0.4, 0.5) is 5.69 Å². The van der Waals surface area contributed by atoms with Crippen molar-refractivity contribution in [3.05, 3.63) is 18.2 Å². The van der Waals surface area contributed by atoms with E-state index in [4.69, 9.17) is 9.47 Å². The maximum absolute atomic E-state index is 13.3. The first-order valence-electron chi connectivity index (χ1n) is 11.8. The minimum atomic E-state index is -0.257. The highest BCUT2D eigenvalue weighted by Crippen LogP contribution is 2.37. The Balaban J connectivity index is 1.18. The molecule has 2 unspecified atom stereocenters. The summed E-state index contributed by atoms with van der Waals surface area (Å²) in [6, 6.07) is 5.54. The molecule has 7 nitrogen and oxygen atoms in total. The van der Waals surface area contributed by atoms with Gasteiger partial charge in [0, 0.05) is 44.4 Å². The molecule has 4 aliphatic rings. The van der Waals surface area contributed by atoms with E-state index in [1.54, 1.807) is 4.90 Å². The lowest BCUT2D eigenvalue weighted by Crippen LogP contribution is -2.47. The van der Waals surface area contributed by atoms with E-state index < -0.39 is 0 Å². The first-order valence-corrected chi connectivity index (χ1v) is 11.8. The number of rotatable bonds is 4. The zero-order valence-corrected chi connectivity index (χ0v) is 18.4. The molecule has 0 aliphatic carbocycles. The van der Waals surface area contributed by atoms with Crippen molar-refractivity contribution in [2.75, 3.05) is 51.0 Å². The van der Waals surface area contributed by atoms with E-state index in [2.05, 4.69) is 11.8 Å². The number of amides is 2. The van der Waals surface area contributed by atoms with E-state index in [9.17, 15) is 9.59 Å². The molecule has 168 valence electrons. The fraction of sp³-hybridized carbons (Fsp3) is 0.667. The summed E-state index contributed by atoms with van der Waals surface area (Å²) in [5, 5.41) is 0. The molecule has 31 heavy (non-hydrogen) atoms. The van der Waals surface area contributed by atoms with Crippen LogP contribution in [0.25, 0.3) is 0 Å². The highest BCUT2D eigenvalue weighted by Gasteiger charge is 2.39. The van der Waals surface area contributed by atoms with Crippen LogP contribution in [-0.2, 0) is 9.59 Å². The third-order valence-electron chi connectivity index (χ3n) is 7.37. The summed E-state index contributed by atoms with van der Waals surface area (Å²) in [5.74, 6) is 2.65. The van der Waals surface area contributed by atoms with Crippen LogP contribution in [0.3, 0.4) is 0 Å². The molecule has 0 spiro atoms. The molecule has 5 rings (SSSR count). The summed E-state index contributed by atoms with van der Waals surface area (Å²) in [6.45, 7) is 8.13. The van der Waals surface area contributed by atoms with Crippen LogP contribution >= 0.6 is 0 Å². The average molecular weight is 428 g/mol. The zero-order valence-electron chi connectivity index (χ0n) is 18.4. The van der Waals surface area contributed by atoms with Crippen molar-refractivity contribution in [2.45, 2.75) is 39.0 Å². The van der Waals surface area contributed by atoms with Gasteiger partial charge in [-0.1, -0.05) is 6.92 Å². The predicted octanol–water partition coefficient (Wildman–Crippen LogP) is 2.74. The van der Waals surface area contributed by atoms with Crippen LogP contribution in [0, 0.1) is 17.8 Å². The molecule has 2 atom stereocenters. The number of carbonyl (C=O) groups is 2. The Morgan fingerprint density at radius 3 is 2.71 bits per heavy atom. The number of piperidine rings is 2. The molecular weight excluding hydrogens is 394 g/mol. The van der Waals surface area contributed by atoms with Gasteiger partial charge in [-0.05, 0) is 62.7 Å². The molecule has 3 fully saturated rings. The lowest BCUT2D eigenvalue weighted by molar-refractivity contribution is -0.137. The van der Waals surface area contributed by atoms with Gasteiger partial charge in [-0.25, -0.2) is 0 Å². The number of fused-ring (bicyclic) bond motifs is 1. The highest BCUT2D eigenvalue weighted by atomic mass is 16.7. The van der Waals surface area contributed by atoms with Crippen molar-refractivity contribution in [3.63, 3.8) is 0 Å². The topological polar surface area (TPSA) is 62.3 Å². The maximum atomic E-state index is 13.3. The summed E-state index contributed by atoms with van der Waals surface area (Å²) in [7, 11) is 0. The Hall–Kier alpha value is -2.28. The van der Waals surface area contributed by atoms with Crippen LogP contribution in [-0.4, -0.2) is 67.7 Å². The van der Waals surface area contributed by atoms with Gasteiger partial charge >= 0.3 is 0 Å². The van der Waals surface area contributed by atoms with Gasteiger partial charge in [0.1, 0.15) is 0 Å². The number of anilines is 1. The SMILES string of the molecule is CC1CCN(CC2CCCN(C(=O)C3CC(=O)N(c4ccc5c(c4)OCO5)C3)C2)CC1. The van der Waals surface area contributed by atoms with Crippen molar-refractivity contribution in [1.29, 1.82) is 0 Å². The molecule has 3 saturated heterocycles. The number of hydrogen-bond donors (Lipinski definition) is 0. The second-order valence-electron chi connectivity index (χ2n) is 9.72. The molecule has 2 amide bonds. The second kappa shape index (κ2) is 8.69. The zero-order chi connectivity index (χ0) is 21.4. The molecule has 0 aromatic heterocycles. The van der Waals surface area contributed by atoms with Gasteiger partial charge in [0.05, 0.1) is 5.92 Å². The largest absolute Gasteiger partial charge is 0.454 e. The molecule has 7 heteroatoms. The summed E-state index contributed by atoms with van der Waals surface area (Å²) >= 11 is 0. The predicted molar refractivity (Wildman–Crippen MR) is 117 cm³/mol. The molecule has 0 radical (unpaired) electrons. The molecule has 1 aromatic rings. The average Bonchev–Trinajstić information content (AvgIpc) is 3.41. The first kappa shape index (κ1) is 20.6. The van der Waals surface area contributed by atoms with E-state index >= 15 is 0 Å². The molecule has 4 aliphatic heterocycles. The van der Waals surface area contributed by atoms with E-state index in [0.717, 1.165) is 37.7 Å². The minimum absolute atomic E-state index is 0.00760. The van der Waals surface area contributed by atoms with E-state index in [1.165, 1.54) is 32.4 Å². The van der Waals surface area contributed by atoms with Crippen molar-refractivity contribution in [2.24, 2.45) is 17.8 Å². The van der Waals surface area contributed by atoms with E-state index in [-0.39, 0.29) is 24.5 Å². The number of likely N-dealkylation sites (tertiary alicyclic amines) is 2. The maximum Gasteiger partial charge on any atom is 0.231 e. The number of hydrogen-bond acceptors (Lipinski definition) is 5. The third kappa shape index (κ3) is 4.38. The van der Waals surface area contributed by atoms with E-state index in [1.807, 2.05) is 23.1 Å². The highest BCUT2D eigenvalue weighted by molar-refractivity contribution is 6.00. The fourth-order valence-electron chi connectivity index (χ4n) is 5.46. The van der Waals surface area contributed by atoms with Gasteiger partial charge in [-0.2, -0.15) is 0 Å². The van der Waals surface area contributed by atoms with Gasteiger partial charge in [-0.3, -0.25) is 9.59 Å². The lowest BCUT2D eigenvalue weighted by Gasteiger charge is -2.38. The molecule has 0 saturated carbocycles. The number of benzene rings is 1.